The molecule has 0 spiro atoms. The van der Waals surface area contributed by atoms with Crippen molar-refractivity contribution in [1.82, 2.24) is 0 Å². The molecule has 0 aliphatic heterocycles. The molecule has 0 saturated carbocycles. The van der Waals surface area contributed by atoms with Gasteiger partial charge < -0.3 is 5.32 Å². The number of unbranched alkanes of at least 4 members (excludes halogenated alkanes) is 1. The summed E-state index contributed by atoms with van der Waals surface area (Å²) in [5, 5.41) is 3.54. The summed E-state index contributed by atoms with van der Waals surface area (Å²) < 4.78 is 0. The molecule has 0 heterocycles. The van der Waals surface area contributed by atoms with Gasteiger partial charge in [-0.2, -0.15) is 0 Å². The van der Waals surface area contributed by atoms with Crippen LogP contribution in [-0.2, 0) is 0 Å². The zero-order valence-corrected chi connectivity index (χ0v) is 10.7. The van der Waals surface area contributed by atoms with Crippen molar-refractivity contribution in [3.05, 3.63) is 30.3 Å². The molecular formula is C15H25N. The third kappa shape index (κ3) is 5.20. The second kappa shape index (κ2) is 8.20. The van der Waals surface area contributed by atoms with Gasteiger partial charge in [0.25, 0.3) is 0 Å². The second-order valence-corrected chi connectivity index (χ2v) is 4.54. The fourth-order valence-corrected chi connectivity index (χ4v) is 2.07. The second-order valence-electron chi connectivity index (χ2n) is 4.54. The van der Waals surface area contributed by atoms with E-state index in [1.165, 1.54) is 37.8 Å². The normalized spacial score (nSPS) is 12.4. The molecule has 1 heteroatoms. The average molecular weight is 219 g/mol. The zero-order valence-electron chi connectivity index (χ0n) is 10.7. The van der Waals surface area contributed by atoms with E-state index in [2.05, 4.69) is 49.5 Å². The Bertz CT molecular complexity index is 255. The number of para-hydroxylation sites is 1. The first-order chi connectivity index (χ1) is 7.86. The molecule has 1 N–H and O–H groups in total. The topological polar surface area (TPSA) is 12.0 Å². The molecule has 1 aromatic carbocycles. The van der Waals surface area contributed by atoms with Crippen LogP contribution in [0.1, 0.15) is 46.0 Å². The number of rotatable bonds is 8. The van der Waals surface area contributed by atoms with Crippen molar-refractivity contribution in [3.8, 4) is 0 Å². The zero-order chi connectivity index (χ0) is 11.6. The van der Waals surface area contributed by atoms with Crippen molar-refractivity contribution in [1.29, 1.82) is 0 Å². The first-order valence-electron chi connectivity index (χ1n) is 6.65. The van der Waals surface area contributed by atoms with Crippen molar-refractivity contribution in [3.63, 3.8) is 0 Å². The van der Waals surface area contributed by atoms with Crippen molar-refractivity contribution >= 4 is 5.69 Å². The van der Waals surface area contributed by atoms with E-state index < -0.39 is 0 Å². The Morgan fingerprint density at radius 1 is 1.00 bits per heavy atom. The lowest BCUT2D eigenvalue weighted by Gasteiger charge is -2.17. The molecule has 1 rings (SSSR count). The quantitative estimate of drug-likeness (QED) is 0.668. The van der Waals surface area contributed by atoms with Crippen LogP contribution in [-0.4, -0.2) is 6.54 Å². The van der Waals surface area contributed by atoms with E-state index in [1.54, 1.807) is 0 Å². The van der Waals surface area contributed by atoms with Gasteiger partial charge >= 0.3 is 0 Å². The lowest BCUT2D eigenvalue weighted by atomic mass is 9.97. The smallest absolute Gasteiger partial charge is 0.0340 e. The summed E-state index contributed by atoms with van der Waals surface area (Å²) in [4.78, 5) is 0. The first kappa shape index (κ1) is 13.1. The van der Waals surface area contributed by atoms with Crippen LogP contribution < -0.4 is 5.32 Å². The molecule has 1 aromatic rings. The molecule has 0 saturated heterocycles. The molecule has 1 unspecified atom stereocenters. The molecule has 1 atom stereocenters. The monoisotopic (exact) mass is 219 g/mol. The molecule has 0 aromatic heterocycles. The Labute approximate surface area is 100 Å². The van der Waals surface area contributed by atoms with E-state index in [9.17, 15) is 0 Å². The van der Waals surface area contributed by atoms with E-state index in [0.29, 0.717) is 0 Å². The summed E-state index contributed by atoms with van der Waals surface area (Å²) in [7, 11) is 0. The van der Waals surface area contributed by atoms with Gasteiger partial charge in [0.15, 0.2) is 0 Å². The molecule has 0 amide bonds. The summed E-state index contributed by atoms with van der Waals surface area (Å²) in [5.41, 5.74) is 1.25. The Morgan fingerprint density at radius 2 is 1.75 bits per heavy atom. The van der Waals surface area contributed by atoms with E-state index in [0.717, 1.165) is 12.5 Å². The van der Waals surface area contributed by atoms with E-state index in [4.69, 9.17) is 0 Å². The van der Waals surface area contributed by atoms with Gasteiger partial charge in [-0.15, -0.1) is 0 Å². The summed E-state index contributed by atoms with van der Waals surface area (Å²) in [6, 6.07) is 10.5. The van der Waals surface area contributed by atoms with Gasteiger partial charge in [-0.25, -0.2) is 0 Å². The van der Waals surface area contributed by atoms with E-state index in [1.807, 2.05) is 0 Å². The summed E-state index contributed by atoms with van der Waals surface area (Å²) in [6.07, 6.45) is 6.68. The van der Waals surface area contributed by atoms with E-state index >= 15 is 0 Å². The standard InChI is InChI=1S/C15H25N/c1-3-5-10-14(9-4-2)13-16-15-11-7-6-8-12-15/h6-8,11-12,14,16H,3-5,9-10,13H2,1-2H3. The largest absolute Gasteiger partial charge is 0.385 e. The SMILES string of the molecule is CCCCC(CCC)CNc1ccccc1. The third-order valence-corrected chi connectivity index (χ3v) is 3.03. The van der Waals surface area contributed by atoms with Crippen LogP contribution in [0.2, 0.25) is 0 Å². The van der Waals surface area contributed by atoms with Gasteiger partial charge in [-0.05, 0) is 30.9 Å². The van der Waals surface area contributed by atoms with Crippen LogP contribution in [0.5, 0.6) is 0 Å². The predicted octanol–water partition coefficient (Wildman–Crippen LogP) is 4.71. The number of benzene rings is 1. The van der Waals surface area contributed by atoms with Crippen LogP contribution in [0.4, 0.5) is 5.69 Å². The number of hydrogen-bond acceptors (Lipinski definition) is 1. The third-order valence-electron chi connectivity index (χ3n) is 3.03. The highest BCUT2D eigenvalue weighted by Crippen LogP contribution is 2.16. The van der Waals surface area contributed by atoms with Crippen molar-refractivity contribution in [2.75, 3.05) is 11.9 Å². The van der Waals surface area contributed by atoms with Crippen LogP contribution >= 0.6 is 0 Å². The van der Waals surface area contributed by atoms with E-state index in [-0.39, 0.29) is 0 Å². The van der Waals surface area contributed by atoms with Crippen LogP contribution in [0.3, 0.4) is 0 Å². The predicted molar refractivity (Wildman–Crippen MR) is 72.9 cm³/mol. The Morgan fingerprint density at radius 3 is 2.38 bits per heavy atom. The molecule has 1 nitrogen and oxygen atoms in total. The number of nitrogens with one attached hydrogen (secondary N) is 1. The summed E-state index contributed by atoms with van der Waals surface area (Å²) in [5.74, 6) is 0.838. The minimum absolute atomic E-state index is 0.838. The average Bonchev–Trinajstić information content (AvgIpc) is 2.34. The maximum atomic E-state index is 3.54. The molecule has 0 aliphatic carbocycles. The maximum Gasteiger partial charge on any atom is 0.0340 e. The van der Waals surface area contributed by atoms with Gasteiger partial charge in [0.05, 0.1) is 0 Å². The molecule has 0 bridgehead atoms. The van der Waals surface area contributed by atoms with Gasteiger partial charge in [0, 0.05) is 12.2 Å². The Hall–Kier alpha value is -0.980. The minimum Gasteiger partial charge on any atom is -0.385 e. The van der Waals surface area contributed by atoms with Crippen LogP contribution in [0.25, 0.3) is 0 Å². The van der Waals surface area contributed by atoms with Crippen LogP contribution in [0, 0.1) is 5.92 Å². The van der Waals surface area contributed by atoms with Gasteiger partial charge in [0.1, 0.15) is 0 Å². The maximum absolute atomic E-state index is 3.54. The Balaban J connectivity index is 2.31. The number of anilines is 1. The molecule has 0 fully saturated rings. The molecular weight excluding hydrogens is 194 g/mol. The van der Waals surface area contributed by atoms with Crippen molar-refractivity contribution in [2.24, 2.45) is 5.92 Å². The van der Waals surface area contributed by atoms with Crippen LogP contribution in [0.15, 0.2) is 30.3 Å². The fourth-order valence-electron chi connectivity index (χ4n) is 2.07. The molecule has 90 valence electrons. The highest BCUT2D eigenvalue weighted by atomic mass is 14.9. The fraction of sp³-hybridized carbons (Fsp3) is 0.600. The van der Waals surface area contributed by atoms with Gasteiger partial charge in [-0.1, -0.05) is 51.3 Å². The molecule has 16 heavy (non-hydrogen) atoms. The minimum atomic E-state index is 0.838. The highest BCUT2D eigenvalue weighted by Gasteiger charge is 2.06. The highest BCUT2D eigenvalue weighted by molar-refractivity contribution is 5.42. The molecule has 0 aliphatic rings. The number of hydrogen-bond donors (Lipinski definition) is 1. The Kier molecular flexibility index (Phi) is 6.71. The van der Waals surface area contributed by atoms with Gasteiger partial charge in [-0.3, -0.25) is 0 Å². The summed E-state index contributed by atoms with van der Waals surface area (Å²) >= 11 is 0. The summed E-state index contributed by atoms with van der Waals surface area (Å²) in [6.45, 7) is 5.67. The molecule has 0 radical (unpaired) electrons. The lowest BCUT2D eigenvalue weighted by Crippen LogP contribution is -2.14. The lowest BCUT2D eigenvalue weighted by molar-refractivity contribution is 0.449. The first-order valence-corrected chi connectivity index (χ1v) is 6.65. The van der Waals surface area contributed by atoms with Crippen molar-refractivity contribution in [2.45, 2.75) is 46.0 Å². The van der Waals surface area contributed by atoms with Gasteiger partial charge in [0.2, 0.25) is 0 Å². The van der Waals surface area contributed by atoms with Crippen molar-refractivity contribution < 1.29 is 0 Å².